The van der Waals surface area contributed by atoms with Crippen LogP contribution in [0.25, 0.3) is 11.0 Å². The van der Waals surface area contributed by atoms with Crippen molar-refractivity contribution in [1.82, 2.24) is 19.7 Å². The first-order valence-corrected chi connectivity index (χ1v) is 3.17. The molecule has 56 valence electrons. The molecule has 0 radical (unpaired) electrons. The zero-order chi connectivity index (χ0) is 7.84. The number of hydrogen-bond donors (Lipinski definition) is 1. The van der Waals surface area contributed by atoms with Gasteiger partial charge in [-0.2, -0.15) is 10.2 Å². The van der Waals surface area contributed by atoms with E-state index in [0.717, 1.165) is 11.0 Å². The van der Waals surface area contributed by atoms with E-state index in [2.05, 4.69) is 15.2 Å². The number of aryl methyl sites for hydroxylation is 1. The van der Waals surface area contributed by atoms with Crippen LogP contribution in [0.3, 0.4) is 0 Å². The van der Waals surface area contributed by atoms with Crippen LogP contribution in [0.4, 0.5) is 5.95 Å². The highest BCUT2D eigenvalue weighted by Crippen LogP contribution is 2.11. The fraction of sp³-hybridized carbons (Fsp3) is 0.167. The van der Waals surface area contributed by atoms with Gasteiger partial charge in [-0.25, -0.2) is 4.98 Å². The molecule has 5 heteroatoms. The van der Waals surface area contributed by atoms with Crippen molar-refractivity contribution in [2.75, 3.05) is 5.73 Å². The quantitative estimate of drug-likeness (QED) is 0.570. The van der Waals surface area contributed by atoms with E-state index in [1.165, 1.54) is 0 Å². The van der Waals surface area contributed by atoms with Crippen molar-refractivity contribution in [3.05, 3.63) is 12.4 Å². The number of imidazole rings is 1. The lowest BCUT2D eigenvalue weighted by Gasteiger charge is -1.92. The molecule has 0 aromatic carbocycles. The smallest absolute Gasteiger partial charge is 0.201 e. The van der Waals surface area contributed by atoms with Crippen LogP contribution >= 0.6 is 0 Å². The molecule has 0 aliphatic rings. The first-order valence-electron chi connectivity index (χ1n) is 3.17. The molecule has 2 heterocycles. The van der Waals surface area contributed by atoms with Gasteiger partial charge in [-0.1, -0.05) is 0 Å². The molecule has 0 unspecified atom stereocenters. The van der Waals surface area contributed by atoms with Gasteiger partial charge in [-0.3, -0.25) is 0 Å². The van der Waals surface area contributed by atoms with Crippen molar-refractivity contribution in [3.8, 4) is 0 Å². The minimum absolute atomic E-state index is 0.481. The van der Waals surface area contributed by atoms with Gasteiger partial charge in [0.15, 0.2) is 0 Å². The van der Waals surface area contributed by atoms with Crippen LogP contribution in [0.15, 0.2) is 12.4 Å². The maximum Gasteiger partial charge on any atom is 0.201 e. The number of nitrogens with zero attached hydrogens (tertiary/aromatic N) is 4. The number of hydrogen-bond acceptors (Lipinski definition) is 4. The largest absolute Gasteiger partial charge is 0.369 e. The van der Waals surface area contributed by atoms with Gasteiger partial charge in [0.25, 0.3) is 0 Å². The van der Waals surface area contributed by atoms with Gasteiger partial charge in [0, 0.05) is 7.05 Å². The van der Waals surface area contributed by atoms with Crippen molar-refractivity contribution in [2.45, 2.75) is 0 Å². The Balaban J connectivity index is 2.92. The summed E-state index contributed by atoms with van der Waals surface area (Å²) in [7, 11) is 1.84. The molecule has 0 atom stereocenters. The Labute approximate surface area is 62.9 Å². The Bertz CT molecular complexity index is 391. The van der Waals surface area contributed by atoms with Gasteiger partial charge in [0.1, 0.15) is 5.52 Å². The Hall–Kier alpha value is -1.65. The normalized spacial score (nSPS) is 10.6. The molecule has 11 heavy (non-hydrogen) atoms. The molecule has 2 aromatic heterocycles. The average molecular weight is 149 g/mol. The molecule has 0 amide bonds. The Kier molecular flexibility index (Phi) is 1.06. The lowest BCUT2D eigenvalue weighted by molar-refractivity contribution is 0.953. The summed E-state index contributed by atoms with van der Waals surface area (Å²) < 4.78 is 1.77. The van der Waals surface area contributed by atoms with Crippen molar-refractivity contribution in [3.63, 3.8) is 0 Å². The number of anilines is 1. The van der Waals surface area contributed by atoms with Crippen molar-refractivity contribution >= 4 is 17.0 Å². The standard InChI is InChI=1S/C6H7N5/c1-11-5-3-9-8-2-4(5)10-6(11)7/h2-3H,1H3,(H2,7,10). The molecule has 0 aliphatic carbocycles. The molecule has 5 nitrogen and oxygen atoms in total. The molecule has 0 bridgehead atoms. The lowest BCUT2D eigenvalue weighted by Crippen LogP contribution is -1.96. The molecule has 0 fully saturated rings. The highest BCUT2D eigenvalue weighted by atomic mass is 15.2. The average Bonchev–Trinajstić information content (AvgIpc) is 2.30. The maximum absolute atomic E-state index is 5.55. The highest BCUT2D eigenvalue weighted by molar-refractivity contribution is 5.75. The second-order valence-electron chi connectivity index (χ2n) is 2.29. The molecule has 2 rings (SSSR count). The maximum atomic E-state index is 5.55. The highest BCUT2D eigenvalue weighted by Gasteiger charge is 2.02. The van der Waals surface area contributed by atoms with Gasteiger partial charge in [-0.15, -0.1) is 0 Å². The van der Waals surface area contributed by atoms with Gasteiger partial charge < -0.3 is 10.3 Å². The van der Waals surface area contributed by atoms with Gasteiger partial charge in [0.2, 0.25) is 5.95 Å². The molecule has 0 spiro atoms. The summed E-state index contributed by atoms with van der Waals surface area (Å²) in [4.78, 5) is 4.05. The second kappa shape index (κ2) is 1.91. The first kappa shape index (κ1) is 6.09. The van der Waals surface area contributed by atoms with Gasteiger partial charge in [-0.05, 0) is 0 Å². The van der Waals surface area contributed by atoms with E-state index < -0.39 is 0 Å². The summed E-state index contributed by atoms with van der Waals surface area (Å²) in [6.45, 7) is 0. The first-order chi connectivity index (χ1) is 5.29. The summed E-state index contributed by atoms with van der Waals surface area (Å²) in [5, 5.41) is 7.41. The fourth-order valence-corrected chi connectivity index (χ4v) is 0.975. The van der Waals surface area contributed by atoms with Crippen LogP contribution in [-0.4, -0.2) is 19.7 Å². The molecule has 0 aliphatic heterocycles. The summed E-state index contributed by atoms with van der Waals surface area (Å²) >= 11 is 0. The van der Waals surface area contributed by atoms with Gasteiger partial charge in [0.05, 0.1) is 17.9 Å². The van der Waals surface area contributed by atoms with Crippen molar-refractivity contribution in [1.29, 1.82) is 0 Å². The third-order valence-corrected chi connectivity index (χ3v) is 1.63. The van der Waals surface area contributed by atoms with E-state index in [4.69, 9.17) is 5.73 Å². The number of nitrogen functional groups attached to an aromatic ring is 1. The van der Waals surface area contributed by atoms with Crippen LogP contribution in [0.5, 0.6) is 0 Å². The molecular weight excluding hydrogens is 142 g/mol. The minimum Gasteiger partial charge on any atom is -0.369 e. The molecular formula is C6H7N5. The van der Waals surface area contributed by atoms with Crippen LogP contribution in [0.1, 0.15) is 0 Å². The van der Waals surface area contributed by atoms with Crippen molar-refractivity contribution in [2.24, 2.45) is 7.05 Å². The zero-order valence-electron chi connectivity index (χ0n) is 6.02. The summed E-state index contributed by atoms with van der Waals surface area (Å²) in [5.41, 5.74) is 7.23. The van der Waals surface area contributed by atoms with Gasteiger partial charge >= 0.3 is 0 Å². The van der Waals surface area contributed by atoms with E-state index in [0.29, 0.717) is 5.95 Å². The van der Waals surface area contributed by atoms with Crippen LogP contribution in [0.2, 0.25) is 0 Å². The predicted molar refractivity (Wildman–Crippen MR) is 40.7 cm³/mol. The third kappa shape index (κ3) is 0.739. The monoisotopic (exact) mass is 149 g/mol. The number of nitrogens with two attached hydrogens (primary N) is 1. The second-order valence-corrected chi connectivity index (χ2v) is 2.29. The summed E-state index contributed by atoms with van der Waals surface area (Å²) in [6.07, 6.45) is 3.23. The third-order valence-electron chi connectivity index (χ3n) is 1.63. The van der Waals surface area contributed by atoms with E-state index in [-0.39, 0.29) is 0 Å². The van der Waals surface area contributed by atoms with E-state index in [1.807, 2.05) is 7.05 Å². The number of fused-ring (bicyclic) bond motifs is 1. The fourth-order valence-electron chi connectivity index (χ4n) is 0.975. The van der Waals surface area contributed by atoms with Crippen LogP contribution in [0, 0.1) is 0 Å². The Morgan fingerprint density at radius 1 is 1.36 bits per heavy atom. The predicted octanol–water partition coefficient (Wildman–Crippen LogP) is -0.0545. The Morgan fingerprint density at radius 2 is 2.09 bits per heavy atom. The van der Waals surface area contributed by atoms with E-state index >= 15 is 0 Å². The molecule has 0 saturated carbocycles. The molecule has 2 N–H and O–H groups in total. The summed E-state index contributed by atoms with van der Waals surface area (Å²) in [6, 6.07) is 0. The van der Waals surface area contributed by atoms with Crippen LogP contribution in [-0.2, 0) is 7.05 Å². The number of aromatic nitrogens is 4. The summed E-state index contributed by atoms with van der Waals surface area (Å²) in [5.74, 6) is 0.481. The SMILES string of the molecule is Cn1c(N)nc2cnncc21. The minimum atomic E-state index is 0.481. The van der Waals surface area contributed by atoms with E-state index in [1.54, 1.807) is 17.0 Å². The zero-order valence-corrected chi connectivity index (χ0v) is 6.02. The van der Waals surface area contributed by atoms with Crippen LogP contribution < -0.4 is 5.73 Å². The topological polar surface area (TPSA) is 69.6 Å². The number of rotatable bonds is 0. The van der Waals surface area contributed by atoms with E-state index in [9.17, 15) is 0 Å². The molecule has 2 aromatic rings. The molecule has 0 saturated heterocycles. The van der Waals surface area contributed by atoms with Crippen molar-refractivity contribution < 1.29 is 0 Å². The lowest BCUT2D eigenvalue weighted by atomic mass is 10.5. The Morgan fingerprint density at radius 3 is 2.82 bits per heavy atom.